The van der Waals surface area contributed by atoms with Gasteiger partial charge in [0.25, 0.3) is 5.91 Å². The van der Waals surface area contributed by atoms with Crippen molar-refractivity contribution in [2.75, 3.05) is 5.75 Å². The number of aliphatic carboxylic acids is 1. The molecule has 7 heteroatoms. The molecule has 20 heavy (non-hydrogen) atoms. The number of aryl methyl sites for hydroxylation is 1. The quantitative estimate of drug-likeness (QED) is 0.904. The molecule has 1 saturated carbocycles. The Labute approximate surface area is 121 Å². The fourth-order valence-corrected chi connectivity index (χ4v) is 4.20. The maximum Gasteiger partial charge on any atom is 0.327 e. The molecule has 0 radical (unpaired) electrons. The first kappa shape index (κ1) is 13.5. The van der Waals surface area contributed by atoms with Gasteiger partial charge in [-0.1, -0.05) is 0 Å². The number of thioether (sulfide) groups is 1. The molecule has 2 unspecified atom stereocenters. The van der Waals surface area contributed by atoms with E-state index in [0.29, 0.717) is 17.2 Å². The van der Waals surface area contributed by atoms with E-state index < -0.39 is 12.0 Å². The second-order valence-electron chi connectivity index (χ2n) is 5.40. The van der Waals surface area contributed by atoms with Gasteiger partial charge in [-0.3, -0.25) is 9.48 Å². The smallest absolute Gasteiger partial charge is 0.327 e. The molecule has 1 N–H and O–H groups in total. The number of carboxylic acids is 1. The van der Waals surface area contributed by atoms with Gasteiger partial charge in [0.2, 0.25) is 0 Å². The fraction of sp³-hybridized carbons (Fsp3) is 0.615. The first-order chi connectivity index (χ1) is 9.50. The Kier molecular flexibility index (Phi) is 3.24. The summed E-state index contributed by atoms with van der Waals surface area (Å²) < 4.78 is 1.64. The molecule has 0 bridgehead atoms. The Bertz CT molecular complexity index is 567. The van der Waals surface area contributed by atoms with E-state index in [9.17, 15) is 14.7 Å². The molecule has 1 aromatic heterocycles. The Hall–Kier alpha value is -1.50. The summed E-state index contributed by atoms with van der Waals surface area (Å²) in [6.45, 7) is 1.82. The summed E-state index contributed by atoms with van der Waals surface area (Å²) in [6.07, 6.45) is 3.70. The summed E-state index contributed by atoms with van der Waals surface area (Å²) >= 11 is 1.59. The highest BCUT2D eigenvalue weighted by atomic mass is 32.2. The van der Waals surface area contributed by atoms with Gasteiger partial charge in [-0.15, -0.1) is 11.8 Å². The van der Waals surface area contributed by atoms with Crippen LogP contribution < -0.4 is 0 Å². The number of nitrogens with zero attached hydrogens (tertiary/aromatic N) is 3. The van der Waals surface area contributed by atoms with Crippen LogP contribution in [0.1, 0.15) is 28.9 Å². The lowest BCUT2D eigenvalue weighted by Gasteiger charge is -2.27. The van der Waals surface area contributed by atoms with Gasteiger partial charge in [0, 0.05) is 18.5 Å². The lowest BCUT2D eigenvalue weighted by molar-refractivity contribution is -0.141. The highest BCUT2D eigenvalue weighted by Gasteiger charge is 2.48. The van der Waals surface area contributed by atoms with E-state index >= 15 is 0 Å². The minimum Gasteiger partial charge on any atom is -0.480 e. The lowest BCUT2D eigenvalue weighted by Crippen LogP contribution is -2.46. The topological polar surface area (TPSA) is 75.4 Å². The number of rotatable bonds is 3. The highest BCUT2D eigenvalue weighted by molar-refractivity contribution is 8.00. The molecule has 0 spiro atoms. The van der Waals surface area contributed by atoms with Crippen LogP contribution in [0.5, 0.6) is 0 Å². The average Bonchev–Trinajstić information content (AvgIpc) is 3.07. The molecule has 0 aromatic carbocycles. The summed E-state index contributed by atoms with van der Waals surface area (Å²) in [5.41, 5.74) is 1.28. The van der Waals surface area contributed by atoms with Crippen molar-refractivity contribution in [2.45, 2.75) is 31.2 Å². The van der Waals surface area contributed by atoms with Gasteiger partial charge in [0.05, 0.1) is 17.1 Å². The average molecular weight is 295 g/mol. The van der Waals surface area contributed by atoms with E-state index in [1.165, 1.54) is 6.20 Å². The van der Waals surface area contributed by atoms with Crippen molar-refractivity contribution >= 4 is 23.6 Å². The number of carbonyl (C=O) groups is 2. The molecule has 3 rings (SSSR count). The van der Waals surface area contributed by atoms with E-state index in [0.717, 1.165) is 18.5 Å². The van der Waals surface area contributed by atoms with Gasteiger partial charge in [0.1, 0.15) is 6.04 Å². The molecular formula is C13H17N3O3S. The molecule has 2 fully saturated rings. The van der Waals surface area contributed by atoms with Crippen molar-refractivity contribution in [1.29, 1.82) is 0 Å². The summed E-state index contributed by atoms with van der Waals surface area (Å²) in [6, 6.07) is -0.724. The number of aromatic nitrogens is 2. The molecule has 1 aliphatic heterocycles. The third-order valence-corrected chi connectivity index (χ3v) is 5.51. The summed E-state index contributed by atoms with van der Waals surface area (Å²) in [5, 5.41) is 13.4. The zero-order chi connectivity index (χ0) is 14.4. The predicted molar refractivity (Wildman–Crippen MR) is 74.5 cm³/mol. The SMILES string of the molecule is Cc1c(C(=O)N2C(C(=O)O)CSC2C2CC2)cnn1C. The molecular weight excluding hydrogens is 278 g/mol. The zero-order valence-electron chi connectivity index (χ0n) is 11.4. The fourth-order valence-electron chi connectivity index (χ4n) is 2.57. The summed E-state index contributed by atoms with van der Waals surface area (Å²) in [5.74, 6) is -0.201. The third kappa shape index (κ3) is 2.09. The van der Waals surface area contributed by atoms with Gasteiger partial charge in [-0.05, 0) is 25.7 Å². The van der Waals surface area contributed by atoms with Crippen molar-refractivity contribution < 1.29 is 14.7 Å². The molecule has 2 heterocycles. The van der Waals surface area contributed by atoms with E-state index in [1.54, 1.807) is 28.4 Å². The van der Waals surface area contributed by atoms with Crippen molar-refractivity contribution in [3.63, 3.8) is 0 Å². The van der Waals surface area contributed by atoms with Gasteiger partial charge in [0.15, 0.2) is 0 Å². The standard InChI is InChI=1S/C13H17N3O3S/c1-7-9(5-14-15(7)2)11(17)16-10(13(18)19)6-20-12(16)8-3-4-8/h5,8,10,12H,3-4,6H2,1-2H3,(H,18,19). The second-order valence-corrected chi connectivity index (χ2v) is 6.54. The van der Waals surface area contributed by atoms with E-state index in [-0.39, 0.29) is 11.3 Å². The van der Waals surface area contributed by atoms with E-state index in [4.69, 9.17) is 0 Å². The Morgan fingerprint density at radius 2 is 2.15 bits per heavy atom. The van der Waals surface area contributed by atoms with Crippen LogP contribution in [0, 0.1) is 12.8 Å². The Morgan fingerprint density at radius 1 is 1.45 bits per heavy atom. The van der Waals surface area contributed by atoms with Gasteiger partial charge < -0.3 is 10.0 Å². The van der Waals surface area contributed by atoms with Gasteiger partial charge in [-0.2, -0.15) is 5.10 Å². The summed E-state index contributed by atoms with van der Waals surface area (Å²) in [4.78, 5) is 25.7. The lowest BCUT2D eigenvalue weighted by atomic mass is 10.1. The van der Waals surface area contributed by atoms with Crippen LogP contribution in [-0.2, 0) is 11.8 Å². The Morgan fingerprint density at radius 3 is 2.65 bits per heavy atom. The van der Waals surface area contributed by atoms with Crippen molar-refractivity contribution in [1.82, 2.24) is 14.7 Å². The second kappa shape index (κ2) is 4.80. The normalized spacial score (nSPS) is 26.0. The van der Waals surface area contributed by atoms with Crippen LogP contribution in [0.3, 0.4) is 0 Å². The third-order valence-electron chi connectivity index (χ3n) is 4.05. The van der Waals surface area contributed by atoms with Crippen LogP contribution >= 0.6 is 11.8 Å². The van der Waals surface area contributed by atoms with Crippen LogP contribution in [0.25, 0.3) is 0 Å². The van der Waals surface area contributed by atoms with Gasteiger partial charge >= 0.3 is 5.97 Å². The largest absolute Gasteiger partial charge is 0.480 e. The number of hydrogen-bond donors (Lipinski definition) is 1. The molecule has 108 valence electrons. The summed E-state index contributed by atoms with van der Waals surface area (Å²) in [7, 11) is 1.78. The predicted octanol–water partition coefficient (Wildman–Crippen LogP) is 1.11. The molecule has 2 aliphatic rings. The monoisotopic (exact) mass is 295 g/mol. The van der Waals surface area contributed by atoms with Crippen molar-refractivity contribution in [3.8, 4) is 0 Å². The number of carboxylic acid groups (broad SMARTS) is 1. The number of amides is 1. The van der Waals surface area contributed by atoms with Crippen LogP contribution in [0.15, 0.2) is 6.20 Å². The van der Waals surface area contributed by atoms with Crippen molar-refractivity contribution in [2.24, 2.45) is 13.0 Å². The van der Waals surface area contributed by atoms with Crippen molar-refractivity contribution in [3.05, 3.63) is 17.5 Å². The van der Waals surface area contributed by atoms with Crippen LogP contribution in [-0.4, -0.2) is 48.8 Å². The molecule has 1 aliphatic carbocycles. The van der Waals surface area contributed by atoms with Crippen LogP contribution in [0.2, 0.25) is 0 Å². The van der Waals surface area contributed by atoms with Gasteiger partial charge in [-0.25, -0.2) is 4.79 Å². The molecule has 1 amide bonds. The molecule has 6 nitrogen and oxygen atoms in total. The van der Waals surface area contributed by atoms with E-state index in [2.05, 4.69) is 5.10 Å². The van der Waals surface area contributed by atoms with E-state index in [1.807, 2.05) is 6.92 Å². The Balaban J connectivity index is 1.93. The maximum atomic E-state index is 12.7. The number of hydrogen-bond acceptors (Lipinski definition) is 4. The number of carbonyl (C=O) groups excluding carboxylic acids is 1. The zero-order valence-corrected chi connectivity index (χ0v) is 12.3. The molecule has 1 saturated heterocycles. The molecule has 1 aromatic rings. The maximum absolute atomic E-state index is 12.7. The highest BCUT2D eigenvalue weighted by Crippen LogP contribution is 2.46. The van der Waals surface area contributed by atoms with Crippen LogP contribution in [0.4, 0.5) is 0 Å². The molecule has 2 atom stereocenters. The minimum absolute atomic E-state index is 0.00297. The minimum atomic E-state index is -0.921. The first-order valence-electron chi connectivity index (χ1n) is 6.66. The first-order valence-corrected chi connectivity index (χ1v) is 7.71.